The van der Waals surface area contributed by atoms with Gasteiger partial charge in [-0.2, -0.15) is 9.97 Å². The van der Waals surface area contributed by atoms with E-state index in [-0.39, 0.29) is 71.6 Å². The van der Waals surface area contributed by atoms with Gasteiger partial charge in [0.15, 0.2) is 12.6 Å². The zero-order valence-electron chi connectivity index (χ0n) is 34.1. The SMILES string of the molecule is C#Cc1c(F)ccc2cc(OCOC)cc(-c3nc4c5c(nc(OC[C@@]67CCCN6CC(CC(F)F)C7)nc5c3F)N3CCN(C(=O)OC(C)(C)C)[C@@H](CC)[C@H]3CC4)c12. The minimum atomic E-state index is -2.40. The van der Waals surface area contributed by atoms with E-state index in [0.717, 1.165) is 19.4 Å². The standard InChI is InChI=1S/C44H50F4N6O5/c1-7-28-30(45)11-10-26-19-27(58-24-56-6)20-29(35(26)28)38-37(48)39-36-31(49-38)12-13-33-32(8-2)54(42(55)59-43(3,4)5)17-16-53(33)40(36)51-41(50-39)57-23-44-14-9-15-52(44)22-25(21-44)18-34(46)47/h1,10-11,19-20,25,32-34H,8-9,12-18,21-24H2,2-6H3/t25?,32-,33+,44-/m0/s1. The summed E-state index contributed by atoms with van der Waals surface area (Å²) in [6, 6.07) is 5.47. The molecule has 0 spiro atoms. The van der Waals surface area contributed by atoms with Gasteiger partial charge in [0.2, 0.25) is 6.43 Å². The first-order valence-electron chi connectivity index (χ1n) is 20.4. The quantitative estimate of drug-likeness (QED) is 0.0886. The molecule has 11 nitrogen and oxygen atoms in total. The molecule has 4 atom stereocenters. The van der Waals surface area contributed by atoms with Crippen LogP contribution in [0.4, 0.5) is 28.2 Å². The van der Waals surface area contributed by atoms with Gasteiger partial charge in [0.05, 0.1) is 34.3 Å². The third-order valence-corrected chi connectivity index (χ3v) is 12.3. The normalized spacial score (nSPS) is 23.0. The minimum Gasteiger partial charge on any atom is -0.468 e. The number of anilines is 1. The number of halogens is 4. The number of terminal acetylenes is 1. The molecule has 8 rings (SSSR count). The Labute approximate surface area is 341 Å². The number of aryl methyl sites for hydroxylation is 1. The van der Waals surface area contributed by atoms with Crippen molar-refractivity contribution in [1.29, 1.82) is 0 Å². The molecule has 0 N–H and O–H groups in total. The lowest BCUT2D eigenvalue weighted by Gasteiger charge is -2.47. The average molecular weight is 819 g/mol. The summed E-state index contributed by atoms with van der Waals surface area (Å²) in [4.78, 5) is 34.4. The highest BCUT2D eigenvalue weighted by atomic mass is 19.3. The molecular weight excluding hydrogens is 769 g/mol. The van der Waals surface area contributed by atoms with Crippen molar-refractivity contribution in [3.8, 4) is 35.4 Å². The number of carbonyl (C=O) groups is 1. The Balaban J connectivity index is 1.28. The number of rotatable bonds is 10. The van der Waals surface area contributed by atoms with E-state index < -0.39 is 35.3 Å². The Morgan fingerprint density at radius 2 is 1.90 bits per heavy atom. The van der Waals surface area contributed by atoms with Crippen LogP contribution in [0, 0.1) is 29.9 Å². The van der Waals surface area contributed by atoms with Gasteiger partial charge in [-0.15, -0.1) is 6.42 Å². The molecule has 4 aliphatic heterocycles. The largest absolute Gasteiger partial charge is 0.468 e. The maximum absolute atomic E-state index is 17.7. The first-order valence-corrected chi connectivity index (χ1v) is 20.4. The van der Waals surface area contributed by atoms with Gasteiger partial charge in [-0.3, -0.25) is 4.90 Å². The summed E-state index contributed by atoms with van der Waals surface area (Å²) < 4.78 is 83.3. The van der Waals surface area contributed by atoms with E-state index in [9.17, 15) is 13.6 Å². The van der Waals surface area contributed by atoms with Gasteiger partial charge in [-0.05, 0) is 95.3 Å². The van der Waals surface area contributed by atoms with Crippen molar-refractivity contribution in [3.63, 3.8) is 0 Å². The second-order valence-electron chi connectivity index (χ2n) is 17.2. The zero-order valence-corrected chi connectivity index (χ0v) is 34.1. The van der Waals surface area contributed by atoms with Gasteiger partial charge in [-0.25, -0.2) is 27.3 Å². The molecule has 1 amide bonds. The number of methoxy groups -OCH3 is 1. The molecular formula is C44H50F4N6O5. The van der Waals surface area contributed by atoms with Crippen molar-refractivity contribution in [3.05, 3.63) is 47.2 Å². The topological polar surface area (TPSA) is 102 Å². The van der Waals surface area contributed by atoms with Crippen molar-refractivity contribution < 1.29 is 41.3 Å². The lowest BCUT2D eigenvalue weighted by molar-refractivity contribution is 0.00799. The summed E-state index contributed by atoms with van der Waals surface area (Å²) >= 11 is 0. The van der Waals surface area contributed by atoms with Crippen LogP contribution in [0.1, 0.15) is 77.5 Å². The van der Waals surface area contributed by atoms with E-state index in [1.54, 1.807) is 23.1 Å². The molecule has 0 bridgehead atoms. The molecule has 1 unspecified atom stereocenters. The van der Waals surface area contributed by atoms with Crippen LogP contribution >= 0.6 is 0 Å². The summed E-state index contributed by atoms with van der Waals surface area (Å²) in [7, 11) is 1.48. The van der Waals surface area contributed by atoms with E-state index in [2.05, 4.69) is 15.7 Å². The Hall–Kier alpha value is -4.94. The van der Waals surface area contributed by atoms with E-state index in [4.69, 9.17) is 40.3 Å². The molecule has 59 heavy (non-hydrogen) atoms. The number of carbonyl (C=O) groups excluding carboxylic acids is 1. The molecule has 0 radical (unpaired) electrons. The summed E-state index contributed by atoms with van der Waals surface area (Å²) in [5.41, 5.74) is -0.626. The van der Waals surface area contributed by atoms with E-state index >= 15 is 8.78 Å². The number of pyridine rings is 1. The Morgan fingerprint density at radius 3 is 2.63 bits per heavy atom. The number of hydrogen-bond donors (Lipinski definition) is 0. The number of benzene rings is 2. The average Bonchev–Trinajstić information content (AvgIpc) is 3.68. The highest BCUT2D eigenvalue weighted by molar-refractivity contribution is 6.03. The fourth-order valence-corrected chi connectivity index (χ4v) is 9.94. The third kappa shape index (κ3) is 7.58. The number of alkyl halides is 2. The van der Waals surface area contributed by atoms with Crippen molar-refractivity contribution in [1.82, 2.24) is 24.8 Å². The first-order chi connectivity index (χ1) is 28.2. The molecule has 0 saturated carbocycles. The second kappa shape index (κ2) is 15.9. The first kappa shape index (κ1) is 40.8. The van der Waals surface area contributed by atoms with Gasteiger partial charge in [0.1, 0.15) is 40.8 Å². The number of aromatic nitrogens is 3. The van der Waals surface area contributed by atoms with Gasteiger partial charge < -0.3 is 28.7 Å². The summed E-state index contributed by atoms with van der Waals surface area (Å²) in [6.07, 6.45) is 6.65. The third-order valence-electron chi connectivity index (χ3n) is 12.3. The zero-order chi connectivity index (χ0) is 41.8. The number of amides is 1. The minimum absolute atomic E-state index is 0.0360. The summed E-state index contributed by atoms with van der Waals surface area (Å²) in [5, 5.41) is 1.21. The molecule has 15 heteroatoms. The Kier molecular flexibility index (Phi) is 11.0. The van der Waals surface area contributed by atoms with E-state index in [0.29, 0.717) is 73.4 Å². The number of ether oxygens (including phenoxy) is 4. The van der Waals surface area contributed by atoms with Crippen LogP contribution < -0.4 is 14.4 Å². The Bertz CT molecular complexity index is 2320. The highest BCUT2D eigenvalue weighted by Crippen LogP contribution is 2.46. The molecule has 314 valence electrons. The Morgan fingerprint density at radius 1 is 1.08 bits per heavy atom. The van der Waals surface area contributed by atoms with Crippen LogP contribution in [-0.2, 0) is 15.9 Å². The fourth-order valence-electron chi connectivity index (χ4n) is 9.94. The summed E-state index contributed by atoms with van der Waals surface area (Å²) in [5.74, 6) is 1.61. The van der Waals surface area contributed by atoms with E-state index in [1.165, 1.54) is 13.2 Å². The molecule has 6 heterocycles. The predicted molar refractivity (Wildman–Crippen MR) is 215 cm³/mol. The van der Waals surface area contributed by atoms with Crippen LogP contribution in [0.15, 0.2) is 24.3 Å². The van der Waals surface area contributed by atoms with Crippen molar-refractivity contribution in [2.45, 2.75) is 102 Å². The molecule has 4 aliphatic rings. The van der Waals surface area contributed by atoms with Gasteiger partial charge in [-0.1, -0.05) is 18.9 Å². The number of nitrogens with zero attached hydrogens (tertiary/aromatic N) is 6. The number of piperazine rings is 1. The van der Waals surface area contributed by atoms with Crippen molar-refractivity contribution >= 4 is 33.6 Å². The second-order valence-corrected chi connectivity index (χ2v) is 17.2. The number of hydrogen-bond acceptors (Lipinski definition) is 10. The highest BCUT2D eigenvalue weighted by Gasteiger charge is 2.50. The molecule has 0 aliphatic carbocycles. The van der Waals surface area contributed by atoms with Gasteiger partial charge in [0, 0.05) is 44.1 Å². The van der Waals surface area contributed by atoms with Gasteiger partial charge in [0.25, 0.3) is 0 Å². The molecule has 3 fully saturated rings. The molecule has 2 aromatic carbocycles. The van der Waals surface area contributed by atoms with Crippen molar-refractivity contribution in [2.24, 2.45) is 5.92 Å². The summed E-state index contributed by atoms with van der Waals surface area (Å²) in [6.45, 7) is 9.62. The molecule has 4 aromatic rings. The lowest BCUT2D eigenvalue weighted by Crippen LogP contribution is -2.61. The van der Waals surface area contributed by atoms with E-state index in [1.807, 2.05) is 27.7 Å². The smallest absolute Gasteiger partial charge is 0.410 e. The predicted octanol–water partition coefficient (Wildman–Crippen LogP) is 8.13. The van der Waals surface area contributed by atoms with Crippen LogP contribution in [-0.4, -0.2) is 107 Å². The molecule has 2 aromatic heterocycles. The molecule has 3 saturated heterocycles. The number of fused-ring (bicyclic) bond motifs is 4. The maximum Gasteiger partial charge on any atom is 0.410 e. The fraction of sp³-hybridized carbons (Fsp3) is 0.545. The van der Waals surface area contributed by atoms with Crippen LogP contribution in [0.5, 0.6) is 11.8 Å². The van der Waals surface area contributed by atoms with Crippen LogP contribution in [0.25, 0.3) is 32.9 Å². The van der Waals surface area contributed by atoms with Crippen LogP contribution in [0.3, 0.4) is 0 Å². The maximum atomic E-state index is 17.7. The van der Waals surface area contributed by atoms with Crippen LogP contribution in [0.2, 0.25) is 0 Å². The van der Waals surface area contributed by atoms with Crippen molar-refractivity contribution in [2.75, 3.05) is 51.6 Å². The lowest BCUT2D eigenvalue weighted by atomic mass is 9.89. The monoisotopic (exact) mass is 818 g/mol. The van der Waals surface area contributed by atoms with Gasteiger partial charge >= 0.3 is 12.1 Å².